The number of nitrogens with zero attached hydrogens (tertiary/aromatic N) is 2. The summed E-state index contributed by atoms with van der Waals surface area (Å²) in [5.41, 5.74) is 0.994. The van der Waals surface area contributed by atoms with Gasteiger partial charge < -0.3 is 0 Å². The number of alkyl halides is 3. The Morgan fingerprint density at radius 1 is 1.11 bits per heavy atom. The Bertz CT molecular complexity index is 610. The van der Waals surface area contributed by atoms with Gasteiger partial charge in [0.25, 0.3) is 0 Å². The van der Waals surface area contributed by atoms with Crippen LogP contribution in [0.15, 0.2) is 42.6 Å². The van der Waals surface area contributed by atoms with Crippen molar-refractivity contribution in [1.82, 2.24) is 4.98 Å². The molecule has 0 aliphatic rings. The van der Waals surface area contributed by atoms with E-state index in [2.05, 4.69) is 4.98 Å². The van der Waals surface area contributed by atoms with Gasteiger partial charge in [-0.3, -0.25) is 4.98 Å². The van der Waals surface area contributed by atoms with Gasteiger partial charge in [-0.1, -0.05) is 12.1 Å². The molecule has 19 heavy (non-hydrogen) atoms. The van der Waals surface area contributed by atoms with Gasteiger partial charge in [0.15, 0.2) is 0 Å². The first kappa shape index (κ1) is 13.1. The summed E-state index contributed by atoms with van der Waals surface area (Å²) in [6.07, 6.45) is -2.44. The zero-order valence-corrected chi connectivity index (χ0v) is 9.78. The maximum absolute atomic E-state index is 12.4. The molecule has 2 nitrogen and oxygen atoms in total. The third kappa shape index (κ3) is 3.10. The van der Waals surface area contributed by atoms with Crippen molar-refractivity contribution < 1.29 is 13.2 Å². The maximum Gasteiger partial charge on any atom is 0.416 e. The van der Waals surface area contributed by atoms with Gasteiger partial charge in [0.1, 0.15) is 6.07 Å². The fraction of sp³-hybridized carbons (Fsp3) is 0.143. The molecule has 5 heteroatoms. The zero-order valence-electron chi connectivity index (χ0n) is 9.78. The number of pyridine rings is 1. The Balaban J connectivity index is 2.23. The summed E-state index contributed by atoms with van der Waals surface area (Å²) in [5.74, 6) is 0. The van der Waals surface area contributed by atoms with Crippen molar-refractivity contribution in [2.45, 2.75) is 12.6 Å². The Morgan fingerprint density at radius 3 is 2.37 bits per heavy atom. The van der Waals surface area contributed by atoms with Crippen molar-refractivity contribution in [2.24, 2.45) is 0 Å². The Labute approximate surface area is 108 Å². The van der Waals surface area contributed by atoms with Crippen LogP contribution in [0.25, 0.3) is 0 Å². The van der Waals surface area contributed by atoms with E-state index in [1.807, 2.05) is 6.07 Å². The summed E-state index contributed by atoms with van der Waals surface area (Å²) >= 11 is 0. The fourth-order valence-corrected chi connectivity index (χ4v) is 1.69. The van der Waals surface area contributed by atoms with Crippen LogP contribution in [0, 0.1) is 11.3 Å². The van der Waals surface area contributed by atoms with Crippen molar-refractivity contribution in [3.05, 3.63) is 65.0 Å². The van der Waals surface area contributed by atoms with Crippen molar-refractivity contribution in [3.63, 3.8) is 0 Å². The standard InChI is InChI=1S/C14H9F3N2/c15-14(16,17)12-5-3-10(4-6-12)8-13-11(9-18)2-1-7-19-13/h1-7H,8H2. The van der Waals surface area contributed by atoms with Crippen LogP contribution in [-0.4, -0.2) is 4.98 Å². The smallest absolute Gasteiger partial charge is 0.260 e. The summed E-state index contributed by atoms with van der Waals surface area (Å²) < 4.78 is 37.2. The molecule has 0 N–H and O–H groups in total. The lowest BCUT2D eigenvalue weighted by Crippen LogP contribution is -2.04. The van der Waals surface area contributed by atoms with Crippen LogP contribution in [-0.2, 0) is 12.6 Å². The molecule has 2 rings (SSSR count). The normalized spacial score (nSPS) is 11.1. The molecule has 0 saturated heterocycles. The van der Waals surface area contributed by atoms with E-state index in [1.165, 1.54) is 12.1 Å². The Kier molecular flexibility index (Phi) is 3.52. The highest BCUT2D eigenvalue weighted by atomic mass is 19.4. The predicted molar refractivity (Wildman–Crippen MR) is 63.2 cm³/mol. The lowest BCUT2D eigenvalue weighted by Gasteiger charge is -2.07. The van der Waals surface area contributed by atoms with Gasteiger partial charge in [-0.15, -0.1) is 0 Å². The van der Waals surface area contributed by atoms with E-state index in [0.29, 0.717) is 23.2 Å². The number of hydrogen-bond acceptors (Lipinski definition) is 2. The van der Waals surface area contributed by atoms with Crippen LogP contribution < -0.4 is 0 Å². The average molecular weight is 262 g/mol. The molecular weight excluding hydrogens is 253 g/mol. The van der Waals surface area contributed by atoms with Gasteiger partial charge in [0.05, 0.1) is 16.8 Å². The zero-order chi connectivity index (χ0) is 13.9. The summed E-state index contributed by atoms with van der Waals surface area (Å²) in [6, 6.07) is 10.2. The van der Waals surface area contributed by atoms with Crippen LogP contribution in [0.4, 0.5) is 13.2 Å². The number of benzene rings is 1. The number of hydrogen-bond donors (Lipinski definition) is 0. The number of rotatable bonds is 2. The van der Waals surface area contributed by atoms with E-state index in [1.54, 1.807) is 18.3 Å². The lowest BCUT2D eigenvalue weighted by molar-refractivity contribution is -0.137. The first-order chi connectivity index (χ1) is 9.00. The minimum Gasteiger partial charge on any atom is -0.260 e. The predicted octanol–water partition coefficient (Wildman–Crippen LogP) is 3.56. The van der Waals surface area contributed by atoms with Crippen molar-refractivity contribution in [3.8, 4) is 6.07 Å². The lowest BCUT2D eigenvalue weighted by atomic mass is 10.0. The fourth-order valence-electron chi connectivity index (χ4n) is 1.69. The number of nitriles is 1. The van der Waals surface area contributed by atoms with Gasteiger partial charge in [-0.05, 0) is 29.8 Å². The SMILES string of the molecule is N#Cc1cccnc1Cc1ccc(C(F)(F)F)cc1. The van der Waals surface area contributed by atoms with E-state index in [-0.39, 0.29) is 0 Å². The quantitative estimate of drug-likeness (QED) is 0.829. The third-order valence-electron chi connectivity index (χ3n) is 2.66. The van der Waals surface area contributed by atoms with Gasteiger partial charge in [-0.2, -0.15) is 18.4 Å². The highest BCUT2D eigenvalue weighted by Gasteiger charge is 2.29. The molecule has 1 aromatic carbocycles. The van der Waals surface area contributed by atoms with Crippen LogP contribution in [0.5, 0.6) is 0 Å². The molecule has 0 bridgehead atoms. The highest BCUT2D eigenvalue weighted by molar-refractivity contribution is 5.36. The molecule has 96 valence electrons. The van der Waals surface area contributed by atoms with Crippen LogP contribution >= 0.6 is 0 Å². The molecule has 0 radical (unpaired) electrons. The van der Waals surface area contributed by atoms with Crippen molar-refractivity contribution in [2.75, 3.05) is 0 Å². The van der Waals surface area contributed by atoms with Crippen molar-refractivity contribution >= 4 is 0 Å². The first-order valence-electron chi connectivity index (χ1n) is 5.51. The summed E-state index contributed by atoms with van der Waals surface area (Å²) in [7, 11) is 0. The molecule has 0 amide bonds. The van der Waals surface area contributed by atoms with Gasteiger partial charge in [0, 0.05) is 12.6 Å². The van der Waals surface area contributed by atoms with Crippen LogP contribution in [0.3, 0.4) is 0 Å². The molecule has 1 heterocycles. The second-order valence-corrected chi connectivity index (χ2v) is 3.98. The maximum atomic E-state index is 12.4. The molecule has 0 aliphatic heterocycles. The molecule has 0 atom stereocenters. The first-order valence-corrected chi connectivity index (χ1v) is 5.51. The van der Waals surface area contributed by atoms with E-state index < -0.39 is 11.7 Å². The molecule has 0 unspecified atom stereocenters. The molecule has 0 fully saturated rings. The summed E-state index contributed by atoms with van der Waals surface area (Å²) in [4.78, 5) is 4.07. The largest absolute Gasteiger partial charge is 0.416 e. The molecule has 2 aromatic rings. The molecule has 0 aliphatic carbocycles. The third-order valence-corrected chi connectivity index (χ3v) is 2.66. The average Bonchev–Trinajstić information content (AvgIpc) is 2.39. The molecule has 0 saturated carbocycles. The molecule has 0 spiro atoms. The van der Waals surface area contributed by atoms with E-state index >= 15 is 0 Å². The summed E-state index contributed by atoms with van der Waals surface area (Å²) in [6.45, 7) is 0. The van der Waals surface area contributed by atoms with Gasteiger partial charge in [0.2, 0.25) is 0 Å². The molecule has 1 aromatic heterocycles. The minimum atomic E-state index is -4.33. The van der Waals surface area contributed by atoms with E-state index in [0.717, 1.165) is 12.1 Å². The Hall–Kier alpha value is -2.35. The Morgan fingerprint density at radius 2 is 1.79 bits per heavy atom. The monoisotopic (exact) mass is 262 g/mol. The van der Waals surface area contributed by atoms with Gasteiger partial charge in [-0.25, -0.2) is 0 Å². The number of halogens is 3. The number of aromatic nitrogens is 1. The topological polar surface area (TPSA) is 36.7 Å². The minimum absolute atomic E-state index is 0.335. The van der Waals surface area contributed by atoms with Crippen molar-refractivity contribution in [1.29, 1.82) is 5.26 Å². The second-order valence-electron chi connectivity index (χ2n) is 3.98. The van der Waals surface area contributed by atoms with E-state index in [4.69, 9.17) is 5.26 Å². The second kappa shape index (κ2) is 5.11. The van der Waals surface area contributed by atoms with E-state index in [9.17, 15) is 13.2 Å². The highest BCUT2D eigenvalue weighted by Crippen LogP contribution is 2.29. The van der Waals surface area contributed by atoms with Crippen LogP contribution in [0.2, 0.25) is 0 Å². The van der Waals surface area contributed by atoms with Gasteiger partial charge >= 0.3 is 6.18 Å². The van der Waals surface area contributed by atoms with Crippen LogP contribution in [0.1, 0.15) is 22.4 Å². The molecular formula is C14H9F3N2. The summed E-state index contributed by atoms with van der Waals surface area (Å²) in [5, 5.41) is 8.91.